The van der Waals surface area contributed by atoms with Crippen LogP contribution in [-0.2, 0) is 6.18 Å². The van der Waals surface area contributed by atoms with Crippen LogP contribution in [-0.4, -0.2) is 28.9 Å². The summed E-state index contributed by atoms with van der Waals surface area (Å²) < 4.78 is 39.5. The van der Waals surface area contributed by atoms with Gasteiger partial charge in [0.15, 0.2) is 0 Å². The Morgan fingerprint density at radius 1 is 0.973 bits per heavy atom. The Morgan fingerprint density at radius 2 is 1.59 bits per heavy atom. The van der Waals surface area contributed by atoms with Crippen molar-refractivity contribution in [2.75, 3.05) is 18.0 Å². The first-order valence-corrected chi connectivity index (χ1v) is 13.5. The first kappa shape index (κ1) is 26.0. The number of para-hydroxylation sites is 1. The summed E-state index contributed by atoms with van der Waals surface area (Å²) >= 11 is 6.18. The number of nitrogens with zero attached hydrogens (tertiary/aromatic N) is 2. The zero-order valence-corrected chi connectivity index (χ0v) is 22.4. The number of hydrogen-bond donors (Lipinski definition) is 0. The van der Waals surface area contributed by atoms with Crippen LogP contribution in [0.3, 0.4) is 0 Å². The second-order valence-electron chi connectivity index (χ2n) is 11.3. The zero-order chi connectivity index (χ0) is 26.6. The van der Waals surface area contributed by atoms with E-state index in [0.29, 0.717) is 10.7 Å². The van der Waals surface area contributed by atoms with Gasteiger partial charge in [-0.05, 0) is 79.8 Å². The van der Waals surface area contributed by atoms with Crippen LogP contribution in [0, 0.1) is 16.7 Å². The standard InChI is InChI=1S/C30H33F3N2OS/c1-28(2)23-16-17-29(28,3)25(34-18-8-5-9-19-34)24(23)27(37)35(22-10-6-4-7-11-22)26(36)20-12-14-21(15-13-20)30(31,32)33/h4,6-7,10-15,23H,5,8-9,16-19H2,1-3H3/t23-,29+/m1/s1. The molecule has 1 saturated heterocycles. The molecule has 0 radical (unpaired) electrons. The van der Waals surface area contributed by atoms with Crippen molar-refractivity contribution in [2.24, 2.45) is 16.7 Å². The van der Waals surface area contributed by atoms with E-state index in [1.807, 2.05) is 30.3 Å². The highest BCUT2D eigenvalue weighted by atomic mass is 32.1. The molecule has 2 fully saturated rings. The van der Waals surface area contributed by atoms with Crippen LogP contribution < -0.4 is 4.90 Å². The van der Waals surface area contributed by atoms with E-state index in [4.69, 9.17) is 12.2 Å². The lowest BCUT2D eigenvalue weighted by atomic mass is 9.69. The first-order valence-electron chi connectivity index (χ1n) is 13.1. The van der Waals surface area contributed by atoms with E-state index >= 15 is 0 Å². The second kappa shape index (κ2) is 9.26. The summed E-state index contributed by atoms with van der Waals surface area (Å²) in [5.74, 6) is -0.199. The van der Waals surface area contributed by atoms with E-state index in [2.05, 4.69) is 25.7 Å². The second-order valence-corrected chi connectivity index (χ2v) is 11.7. The zero-order valence-electron chi connectivity index (χ0n) is 21.6. The van der Waals surface area contributed by atoms with Gasteiger partial charge in [-0.2, -0.15) is 13.2 Å². The molecule has 0 aromatic heterocycles. The Labute approximate surface area is 222 Å². The number of hydrogen-bond acceptors (Lipinski definition) is 3. The quantitative estimate of drug-likeness (QED) is 0.379. The molecule has 3 aliphatic rings. The Hall–Kier alpha value is -2.67. The lowest BCUT2D eigenvalue weighted by Gasteiger charge is -2.43. The van der Waals surface area contributed by atoms with Crippen molar-refractivity contribution < 1.29 is 18.0 Å². The Balaban J connectivity index is 1.61. The maximum absolute atomic E-state index is 14.0. The van der Waals surface area contributed by atoms with Crippen LogP contribution in [0.2, 0.25) is 0 Å². The summed E-state index contributed by atoms with van der Waals surface area (Å²) in [5, 5.41) is 0. The number of fused-ring (bicyclic) bond motifs is 2. The number of amides is 1. The van der Waals surface area contributed by atoms with Gasteiger partial charge >= 0.3 is 6.18 Å². The van der Waals surface area contributed by atoms with Crippen LogP contribution in [0.1, 0.15) is 68.8 Å². The number of alkyl halides is 3. The topological polar surface area (TPSA) is 23.6 Å². The highest BCUT2D eigenvalue weighted by Crippen LogP contribution is 2.68. The molecule has 196 valence electrons. The van der Waals surface area contributed by atoms with Gasteiger partial charge < -0.3 is 4.90 Å². The predicted octanol–water partition coefficient (Wildman–Crippen LogP) is 7.88. The van der Waals surface area contributed by atoms with E-state index in [0.717, 1.165) is 56.5 Å². The molecule has 1 heterocycles. The van der Waals surface area contributed by atoms with E-state index < -0.39 is 17.6 Å². The third-order valence-corrected chi connectivity index (χ3v) is 9.54. The average Bonchev–Trinajstić information content (AvgIpc) is 3.21. The van der Waals surface area contributed by atoms with Crippen molar-refractivity contribution >= 4 is 28.8 Å². The molecule has 37 heavy (non-hydrogen) atoms. The SMILES string of the molecule is CC1(C)[C@@H]2CC[C@@]1(C)C(N1CCCCC1)=C2C(=S)N(C(=O)c1ccc(C(F)(F)F)cc1)c1ccccc1. The number of halogens is 3. The molecular formula is C30H33F3N2OS. The molecule has 2 aromatic carbocycles. The molecule has 2 bridgehead atoms. The van der Waals surface area contributed by atoms with Crippen molar-refractivity contribution in [3.05, 3.63) is 77.0 Å². The maximum Gasteiger partial charge on any atom is 0.416 e. The fraction of sp³-hybridized carbons (Fsp3) is 0.467. The summed E-state index contributed by atoms with van der Waals surface area (Å²) in [5.41, 5.74) is 2.30. The van der Waals surface area contributed by atoms with Gasteiger partial charge in [0.25, 0.3) is 5.91 Å². The number of likely N-dealkylation sites (tertiary alicyclic amines) is 1. The van der Waals surface area contributed by atoms with Gasteiger partial charge in [0.2, 0.25) is 0 Å². The highest BCUT2D eigenvalue weighted by Gasteiger charge is 2.63. The molecule has 1 aliphatic heterocycles. The number of rotatable bonds is 4. The van der Waals surface area contributed by atoms with E-state index in [-0.39, 0.29) is 22.3 Å². The molecule has 1 amide bonds. The van der Waals surface area contributed by atoms with Crippen LogP contribution in [0.15, 0.2) is 65.9 Å². The number of carbonyl (C=O) groups is 1. The van der Waals surface area contributed by atoms with Crippen LogP contribution in [0.5, 0.6) is 0 Å². The molecule has 1 saturated carbocycles. The fourth-order valence-corrected chi connectivity index (χ4v) is 7.16. The van der Waals surface area contributed by atoms with Crippen molar-refractivity contribution in [3.63, 3.8) is 0 Å². The molecule has 0 spiro atoms. The minimum atomic E-state index is -4.46. The number of carbonyl (C=O) groups excluding carboxylic acids is 1. The fourth-order valence-electron chi connectivity index (χ4n) is 6.73. The third-order valence-electron chi connectivity index (χ3n) is 9.13. The van der Waals surface area contributed by atoms with E-state index in [1.165, 1.54) is 29.2 Å². The molecule has 3 nitrogen and oxygen atoms in total. The van der Waals surface area contributed by atoms with Gasteiger partial charge in [0, 0.05) is 35.3 Å². The molecule has 0 unspecified atom stereocenters. The molecule has 0 N–H and O–H groups in total. The first-order chi connectivity index (χ1) is 17.5. The lowest BCUT2D eigenvalue weighted by molar-refractivity contribution is -0.137. The van der Waals surface area contributed by atoms with Gasteiger partial charge in [-0.25, -0.2) is 0 Å². The van der Waals surface area contributed by atoms with Gasteiger partial charge in [-0.3, -0.25) is 9.69 Å². The molecule has 2 atom stereocenters. The summed E-state index contributed by atoms with van der Waals surface area (Å²) in [6.07, 6.45) is 1.12. The summed E-state index contributed by atoms with van der Waals surface area (Å²) in [6.45, 7) is 8.94. The number of benzene rings is 2. The molecular weight excluding hydrogens is 493 g/mol. The van der Waals surface area contributed by atoms with E-state index in [1.54, 1.807) is 0 Å². The average molecular weight is 527 g/mol. The molecule has 7 heteroatoms. The largest absolute Gasteiger partial charge is 0.416 e. The highest BCUT2D eigenvalue weighted by molar-refractivity contribution is 7.81. The van der Waals surface area contributed by atoms with Crippen molar-refractivity contribution in [1.29, 1.82) is 0 Å². The summed E-state index contributed by atoms with van der Waals surface area (Å²) in [6, 6.07) is 13.6. The summed E-state index contributed by atoms with van der Waals surface area (Å²) in [7, 11) is 0. The number of allylic oxidation sites excluding steroid dienone is 1. The third kappa shape index (κ3) is 4.19. The predicted molar refractivity (Wildman–Crippen MR) is 144 cm³/mol. The Bertz CT molecular complexity index is 1230. The lowest BCUT2D eigenvalue weighted by Crippen LogP contribution is -2.42. The van der Waals surface area contributed by atoms with Crippen molar-refractivity contribution in [2.45, 2.75) is 59.1 Å². The van der Waals surface area contributed by atoms with Gasteiger partial charge in [0.1, 0.15) is 4.99 Å². The van der Waals surface area contributed by atoms with Crippen molar-refractivity contribution in [1.82, 2.24) is 4.90 Å². The minimum absolute atomic E-state index is 0.0149. The normalized spacial score (nSPS) is 24.9. The van der Waals surface area contributed by atoms with E-state index in [9.17, 15) is 18.0 Å². The monoisotopic (exact) mass is 526 g/mol. The van der Waals surface area contributed by atoms with Crippen LogP contribution >= 0.6 is 12.2 Å². The maximum atomic E-state index is 14.0. The molecule has 5 rings (SSSR count). The Morgan fingerprint density at radius 3 is 2.19 bits per heavy atom. The van der Waals surface area contributed by atoms with Crippen LogP contribution in [0.25, 0.3) is 0 Å². The van der Waals surface area contributed by atoms with Gasteiger partial charge in [0.05, 0.1) is 11.3 Å². The van der Waals surface area contributed by atoms with Crippen molar-refractivity contribution in [3.8, 4) is 0 Å². The minimum Gasteiger partial charge on any atom is -0.374 e. The molecule has 2 aliphatic carbocycles. The number of thiocarbonyl (C=S) groups is 1. The smallest absolute Gasteiger partial charge is 0.374 e. The van der Waals surface area contributed by atoms with Crippen LogP contribution in [0.4, 0.5) is 18.9 Å². The number of anilines is 1. The Kier molecular flexibility index (Phi) is 6.50. The molecule has 2 aromatic rings. The van der Waals surface area contributed by atoms with Gasteiger partial charge in [-0.1, -0.05) is 51.2 Å². The van der Waals surface area contributed by atoms with Gasteiger partial charge in [-0.15, -0.1) is 0 Å². The summed E-state index contributed by atoms with van der Waals surface area (Å²) in [4.78, 5) is 18.5. The number of piperidine rings is 1.